The predicted molar refractivity (Wildman–Crippen MR) is 214 cm³/mol. The van der Waals surface area contributed by atoms with Gasteiger partial charge in [-0.15, -0.1) is 0 Å². The van der Waals surface area contributed by atoms with E-state index in [9.17, 15) is 91.0 Å². The fraction of sp³-hybridized carbons (Fsp3) is 0.921. The summed E-state index contributed by atoms with van der Waals surface area (Å²) in [4.78, 5) is 35.4. The molecule has 400 valence electrons. The third-order valence-electron chi connectivity index (χ3n) is 12.1. The van der Waals surface area contributed by atoms with Crippen LogP contribution >= 0.6 is 0 Å². The molecule has 0 aromatic carbocycles. The van der Waals surface area contributed by atoms with Crippen molar-refractivity contribution in [3.8, 4) is 0 Å². The molecule has 0 saturated carbocycles. The summed E-state index contributed by atoms with van der Waals surface area (Å²) in [5, 5.41) is 167. The lowest BCUT2D eigenvalue weighted by molar-refractivity contribution is -0.381. The highest BCUT2D eigenvalue weighted by Crippen LogP contribution is 2.35. The number of rotatable bonds is 21. The minimum Gasteiger partial charge on any atom is -0.394 e. The van der Waals surface area contributed by atoms with Gasteiger partial charge in [-0.3, -0.25) is 14.4 Å². The van der Waals surface area contributed by atoms with E-state index in [2.05, 4.69) is 16.0 Å². The second-order valence-corrected chi connectivity index (χ2v) is 16.9. The fourth-order valence-corrected chi connectivity index (χ4v) is 8.31. The van der Waals surface area contributed by atoms with Crippen LogP contribution in [0.5, 0.6) is 0 Å². The molecule has 5 fully saturated rings. The molecule has 0 aromatic heterocycles. The van der Waals surface area contributed by atoms with Crippen LogP contribution in [-0.2, 0) is 61.8 Å². The van der Waals surface area contributed by atoms with Crippen LogP contribution < -0.4 is 16.0 Å². The van der Waals surface area contributed by atoms with E-state index in [1.807, 2.05) is 0 Å². The number of ether oxygens (including phenoxy) is 10. The first kappa shape index (κ1) is 57.3. The van der Waals surface area contributed by atoms with Gasteiger partial charge < -0.3 is 140 Å². The van der Waals surface area contributed by atoms with Crippen LogP contribution in [0.3, 0.4) is 0 Å². The van der Waals surface area contributed by atoms with Gasteiger partial charge in [0, 0.05) is 13.8 Å². The Morgan fingerprint density at radius 2 is 0.942 bits per heavy atom. The number of aliphatic hydroxyl groups excluding tert-OH is 15. The van der Waals surface area contributed by atoms with Gasteiger partial charge in [-0.1, -0.05) is 0 Å². The summed E-state index contributed by atoms with van der Waals surface area (Å²) in [5.74, 6) is -1.53. The van der Waals surface area contributed by atoms with Crippen molar-refractivity contribution in [3.63, 3.8) is 0 Å². The van der Waals surface area contributed by atoms with Crippen LogP contribution in [0.2, 0.25) is 0 Å². The van der Waals surface area contributed by atoms with Crippen molar-refractivity contribution in [1.29, 1.82) is 0 Å². The second kappa shape index (κ2) is 25.9. The Balaban J connectivity index is 1.35. The Hall–Kier alpha value is -2.59. The molecule has 5 rings (SSSR count). The lowest BCUT2D eigenvalue weighted by atomic mass is 9.94. The van der Waals surface area contributed by atoms with Gasteiger partial charge >= 0.3 is 0 Å². The lowest BCUT2D eigenvalue weighted by Crippen LogP contribution is -2.70. The molecule has 5 saturated heterocycles. The molecule has 0 unspecified atom stereocenters. The standard InChI is InChI=1S/C38H65N3O28/c1-11(48)40-19-25(54)21(50)14(4-43)62-34(19)61-9-18-22(51)26(55)28(57)37(66-18)68-32-20(41-12(2)49)35(63-15(5-44)23(32)52)69-33-24(53)16(6-45)64-38(30(33)59)67-31-17(7-46)65-36(29(58)27(31)56)60-8-13(3-42)39-10-47/h10,13-38,42-46,50-59H,3-9H2,1-2H3,(H,39,47)(H,40,48)(H,41,49)/t13-,14-,15-,16-,17-,18-,19-,20-,21-,22+,23-,24+,25-,26+,27-,28-,29-,30-,31-,32-,33+,34-,35+,36-,37+,38+/m1/s1. The molecule has 69 heavy (non-hydrogen) atoms. The van der Waals surface area contributed by atoms with Crippen LogP contribution in [0.4, 0.5) is 0 Å². The van der Waals surface area contributed by atoms with E-state index in [-0.39, 0.29) is 6.41 Å². The molecule has 0 aliphatic carbocycles. The van der Waals surface area contributed by atoms with Crippen LogP contribution in [0.25, 0.3) is 0 Å². The van der Waals surface area contributed by atoms with Crippen LogP contribution in [-0.4, -0.2) is 301 Å². The van der Waals surface area contributed by atoms with E-state index in [1.54, 1.807) is 0 Å². The number of hydrogen-bond acceptors (Lipinski definition) is 28. The Kier molecular flexibility index (Phi) is 21.5. The van der Waals surface area contributed by atoms with Gasteiger partial charge in [0.15, 0.2) is 31.5 Å². The fourth-order valence-electron chi connectivity index (χ4n) is 8.31. The second-order valence-electron chi connectivity index (χ2n) is 16.9. The molecule has 31 nitrogen and oxygen atoms in total. The van der Waals surface area contributed by atoms with Crippen LogP contribution in [0, 0.1) is 0 Å². The Labute approximate surface area is 391 Å². The lowest BCUT2D eigenvalue weighted by Gasteiger charge is -2.50. The van der Waals surface area contributed by atoms with Crippen molar-refractivity contribution in [1.82, 2.24) is 16.0 Å². The molecule has 0 aromatic rings. The number of carbonyl (C=O) groups excluding carboxylic acids is 3. The molecule has 26 atom stereocenters. The van der Waals surface area contributed by atoms with Crippen molar-refractivity contribution in [2.45, 2.75) is 173 Å². The van der Waals surface area contributed by atoms with E-state index < -0.39 is 218 Å². The average molecular weight is 1010 g/mol. The van der Waals surface area contributed by atoms with Gasteiger partial charge in [-0.2, -0.15) is 0 Å². The Morgan fingerprint density at radius 3 is 1.52 bits per heavy atom. The van der Waals surface area contributed by atoms with E-state index >= 15 is 0 Å². The predicted octanol–water partition coefficient (Wildman–Crippen LogP) is -12.5. The highest BCUT2D eigenvalue weighted by molar-refractivity contribution is 5.73. The summed E-state index contributed by atoms with van der Waals surface area (Å²) >= 11 is 0. The highest BCUT2D eigenvalue weighted by atomic mass is 16.8. The highest BCUT2D eigenvalue weighted by Gasteiger charge is 2.56. The topological polar surface area (TPSA) is 483 Å². The number of carbonyl (C=O) groups is 3. The summed E-state index contributed by atoms with van der Waals surface area (Å²) < 4.78 is 56.9. The smallest absolute Gasteiger partial charge is 0.217 e. The number of amides is 3. The molecular formula is C38H65N3O28. The zero-order valence-corrected chi connectivity index (χ0v) is 37.1. The maximum atomic E-state index is 12.7. The van der Waals surface area contributed by atoms with Gasteiger partial charge in [0.25, 0.3) is 0 Å². The number of hydrogen-bond donors (Lipinski definition) is 18. The van der Waals surface area contributed by atoms with Crippen molar-refractivity contribution < 1.29 is 138 Å². The molecule has 0 bridgehead atoms. The largest absolute Gasteiger partial charge is 0.394 e. The monoisotopic (exact) mass is 1010 g/mol. The summed E-state index contributed by atoms with van der Waals surface area (Å²) in [5.41, 5.74) is 0. The molecule has 5 aliphatic heterocycles. The molecular weight excluding hydrogens is 946 g/mol. The number of aliphatic hydroxyl groups is 15. The zero-order valence-electron chi connectivity index (χ0n) is 37.1. The average Bonchev–Trinajstić information content (AvgIpc) is 3.32. The summed E-state index contributed by atoms with van der Waals surface area (Å²) in [6.45, 7) is -3.36. The van der Waals surface area contributed by atoms with Crippen molar-refractivity contribution in [3.05, 3.63) is 0 Å². The van der Waals surface area contributed by atoms with Crippen molar-refractivity contribution in [2.24, 2.45) is 0 Å². The first-order chi connectivity index (χ1) is 32.7. The van der Waals surface area contributed by atoms with Crippen molar-refractivity contribution in [2.75, 3.05) is 46.2 Å². The van der Waals surface area contributed by atoms with Crippen LogP contribution in [0.15, 0.2) is 0 Å². The maximum absolute atomic E-state index is 12.7. The van der Waals surface area contributed by atoms with Crippen LogP contribution in [0.1, 0.15) is 13.8 Å². The molecule has 5 heterocycles. The number of nitrogens with one attached hydrogen (secondary N) is 3. The molecule has 0 radical (unpaired) electrons. The summed E-state index contributed by atoms with van der Waals surface area (Å²) in [6.07, 6.45) is -42.1. The van der Waals surface area contributed by atoms with Gasteiger partial charge in [0.1, 0.15) is 122 Å². The molecule has 0 spiro atoms. The quantitative estimate of drug-likeness (QED) is 0.0475. The summed E-state index contributed by atoms with van der Waals surface area (Å²) in [6, 6.07) is -4.14. The van der Waals surface area contributed by atoms with Gasteiger partial charge in [-0.05, 0) is 0 Å². The minimum absolute atomic E-state index is 0.283. The summed E-state index contributed by atoms with van der Waals surface area (Å²) in [7, 11) is 0. The van der Waals surface area contributed by atoms with E-state index in [1.165, 1.54) is 0 Å². The van der Waals surface area contributed by atoms with E-state index in [4.69, 9.17) is 47.4 Å². The Bertz CT molecular complexity index is 1610. The van der Waals surface area contributed by atoms with E-state index in [0.29, 0.717) is 0 Å². The van der Waals surface area contributed by atoms with Gasteiger partial charge in [0.2, 0.25) is 18.2 Å². The Morgan fingerprint density at radius 1 is 0.478 bits per heavy atom. The van der Waals surface area contributed by atoms with Crippen molar-refractivity contribution >= 4 is 18.2 Å². The molecule has 31 heteroatoms. The van der Waals surface area contributed by atoms with Gasteiger partial charge in [0.05, 0.1) is 52.3 Å². The van der Waals surface area contributed by atoms with E-state index in [0.717, 1.165) is 13.8 Å². The normalized spacial score (nSPS) is 45.6. The first-order valence-electron chi connectivity index (χ1n) is 21.8. The third-order valence-corrected chi connectivity index (χ3v) is 12.1. The molecule has 18 N–H and O–H groups in total. The zero-order chi connectivity index (χ0) is 51.0. The molecule has 3 amide bonds. The molecule has 5 aliphatic rings. The SMILES string of the molecule is CC(=O)N[C@H]1[C@H](OC[C@H]2O[C@@H](O[C@H]3[C@H](O)[C@@H](CO)O[C@@H](O[C@H]4[C@@H](O)[C@@H](CO)O[C@@H](O[C@H]5[C@H](O)[C@@H](O)[C@H](OC[C@@H](CO)NC=O)O[C@@H]5CO)[C@@H]4O)[C@@H]3NC(C)=O)[C@H](O)[C@@H](O)[C@H]2O)O[C@H](CO)[C@@H](O)[C@@H]1O. The minimum atomic E-state index is -2.16. The van der Waals surface area contributed by atoms with Gasteiger partial charge in [-0.25, -0.2) is 0 Å². The first-order valence-corrected chi connectivity index (χ1v) is 21.8. The maximum Gasteiger partial charge on any atom is 0.217 e. The third kappa shape index (κ3) is 13.3.